The van der Waals surface area contributed by atoms with E-state index in [1.54, 1.807) is 58.5 Å². The van der Waals surface area contributed by atoms with E-state index in [9.17, 15) is 14.4 Å². The van der Waals surface area contributed by atoms with Gasteiger partial charge in [-0.1, -0.05) is 30.3 Å². The van der Waals surface area contributed by atoms with Gasteiger partial charge < -0.3 is 19.7 Å². The lowest BCUT2D eigenvalue weighted by atomic mass is 10.0. The van der Waals surface area contributed by atoms with Gasteiger partial charge in [0.2, 0.25) is 11.8 Å². The molecule has 3 N–H and O–H groups in total. The molecular formula is C25H33N3O6. The number of nitrogens with zero attached hydrogens (tertiary/aromatic N) is 1. The van der Waals surface area contributed by atoms with E-state index in [1.807, 2.05) is 30.3 Å². The molecule has 9 heteroatoms. The average Bonchev–Trinajstić information content (AvgIpc) is 2.77. The van der Waals surface area contributed by atoms with E-state index in [0.29, 0.717) is 17.9 Å². The highest BCUT2D eigenvalue weighted by Crippen LogP contribution is 2.26. The maximum absolute atomic E-state index is 12.6. The van der Waals surface area contributed by atoms with E-state index in [-0.39, 0.29) is 18.7 Å². The zero-order chi connectivity index (χ0) is 25.3. The fourth-order valence-electron chi connectivity index (χ4n) is 3.13. The molecule has 0 aliphatic carbocycles. The number of hydrogen-bond donors (Lipinski definition) is 3. The van der Waals surface area contributed by atoms with Crippen molar-refractivity contribution in [1.82, 2.24) is 15.7 Å². The van der Waals surface area contributed by atoms with Gasteiger partial charge in [0.05, 0.1) is 0 Å². The van der Waals surface area contributed by atoms with Gasteiger partial charge in [-0.05, 0) is 56.5 Å². The summed E-state index contributed by atoms with van der Waals surface area (Å²) in [7, 11) is 3.26. The number of hydrogen-bond acceptors (Lipinski definition) is 6. The number of nitrogens with one attached hydrogen (secondary N) is 2. The number of ether oxygens (including phenoxy) is 2. The van der Waals surface area contributed by atoms with Crippen LogP contribution in [0, 0.1) is 0 Å². The summed E-state index contributed by atoms with van der Waals surface area (Å²) < 4.78 is 11.3. The number of para-hydroxylation sites is 1. The standard InChI is InChI=1S/C25H33N3O6/c1-25(2,3)34-24(31)26-20(23(30)28(4)5)16-17-10-13-19(14-11-17)33-21-9-7-6-8-18(21)12-15-22(29)27-32/h6-11,13-14,20,32H,12,15-16H2,1-5H3,(H,26,31)(H,27,29)/t20-/m0/s1. The largest absolute Gasteiger partial charge is 0.457 e. The number of rotatable bonds is 9. The van der Waals surface area contributed by atoms with Crippen LogP contribution in [0.25, 0.3) is 0 Å². The van der Waals surface area contributed by atoms with Crippen LogP contribution in [0.1, 0.15) is 38.3 Å². The highest BCUT2D eigenvalue weighted by atomic mass is 16.6. The van der Waals surface area contributed by atoms with Crippen LogP contribution < -0.4 is 15.5 Å². The Morgan fingerprint density at radius 2 is 1.68 bits per heavy atom. The maximum Gasteiger partial charge on any atom is 0.408 e. The van der Waals surface area contributed by atoms with E-state index >= 15 is 0 Å². The van der Waals surface area contributed by atoms with Gasteiger partial charge in [0.1, 0.15) is 23.1 Å². The Kier molecular flexibility index (Phi) is 9.44. The molecule has 9 nitrogen and oxygen atoms in total. The number of carbonyl (C=O) groups excluding carboxylic acids is 3. The van der Waals surface area contributed by atoms with E-state index in [1.165, 1.54) is 4.90 Å². The smallest absolute Gasteiger partial charge is 0.408 e. The summed E-state index contributed by atoms with van der Waals surface area (Å²) in [5.41, 5.74) is 2.61. The lowest BCUT2D eigenvalue weighted by Crippen LogP contribution is -2.48. The van der Waals surface area contributed by atoms with Crippen LogP contribution in [0.4, 0.5) is 4.79 Å². The van der Waals surface area contributed by atoms with E-state index < -0.39 is 23.6 Å². The molecule has 0 aliphatic heterocycles. The zero-order valence-corrected chi connectivity index (χ0v) is 20.3. The molecule has 0 fully saturated rings. The fraction of sp³-hybridized carbons (Fsp3) is 0.400. The van der Waals surface area contributed by atoms with Gasteiger partial charge >= 0.3 is 6.09 Å². The number of carbonyl (C=O) groups is 3. The van der Waals surface area contributed by atoms with Crippen LogP contribution in [0.15, 0.2) is 48.5 Å². The minimum absolute atomic E-state index is 0.127. The molecule has 0 heterocycles. The van der Waals surface area contributed by atoms with Gasteiger partial charge in [-0.2, -0.15) is 0 Å². The van der Waals surface area contributed by atoms with Crippen LogP contribution in [-0.4, -0.2) is 53.8 Å². The second kappa shape index (κ2) is 12.0. The molecule has 0 saturated heterocycles. The van der Waals surface area contributed by atoms with E-state index in [2.05, 4.69) is 5.32 Å². The molecule has 0 bridgehead atoms. The molecule has 3 amide bonds. The van der Waals surface area contributed by atoms with Crippen molar-refractivity contribution >= 4 is 17.9 Å². The first-order valence-electron chi connectivity index (χ1n) is 11.0. The third-order valence-corrected chi connectivity index (χ3v) is 4.74. The fourth-order valence-corrected chi connectivity index (χ4v) is 3.13. The minimum atomic E-state index is -0.782. The number of alkyl carbamates (subject to hydrolysis) is 1. The number of benzene rings is 2. The van der Waals surface area contributed by atoms with Gasteiger partial charge in [-0.15, -0.1) is 0 Å². The molecule has 0 unspecified atom stereocenters. The third-order valence-electron chi connectivity index (χ3n) is 4.74. The number of likely N-dealkylation sites (N-methyl/N-ethyl adjacent to an activating group) is 1. The van der Waals surface area contributed by atoms with Gasteiger partial charge in [0, 0.05) is 26.9 Å². The number of amides is 3. The highest BCUT2D eigenvalue weighted by Gasteiger charge is 2.25. The Balaban J connectivity index is 2.09. The van der Waals surface area contributed by atoms with Crippen molar-refractivity contribution in [2.24, 2.45) is 0 Å². The lowest BCUT2D eigenvalue weighted by Gasteiger charge is -2.25. The van der Waals surface area contributed by atoms with Crippen LogP contribution in [-0.2, 0) is 27.2 Å². The Morgan fingerprint density at radius 1 is 1.03 bits per heavy atom. The minimum Gasteiger partial charge on any atom is -0.457 e. The van der Waals surface area contributed by atoms with Crippen LogP contribution in [0.5, 0.6) is 11.5 Å². The molecule has 1 atom stereocenters. The quantitative estimate of drug-likeness (QED) is 0.381. The van der Waals surface area contributed by atoms with Crippen molar-refractivity contribution < 1.29 is 29.1 Å². The molecule has 2 aromatic rings. The Morgan fingerprint density at radius 3 is 2.26 bits per heavy atom. The summed E-state index contributed by atoms with van der Waals surface area (Å²) in [5.74, 6) is 0.472. The van der Waals surface area contributed by atoms with Gasteiger partial charge in [-0.25, -0.2) is 10.3 Å². The molecule has 2 rings (SSSR count). The topological polar surface area (TPSA) is 117 Å². The van der Waals surface area contributed by atoms with Crippen LogP contribution in [0.3, 0.4) is 0 Å². The lowest BCUT2D eigenvalue weighted by molar-refractivity contribution is -0.131. The molecule has 0 saturated carbocycles. The van der Waals surface area contributed by atoms with Crippen LogP contribution >= 0.6 is 0 Å². The molecular weight excluding hydrogens is 438 g/mol. The Hall–Kier alpha value is -3.59. The molecule has 0 spiro atoms. The predicted octanol–water partition coefficient (Wildman–Crippen LogP) is 3.44. The molecule has 2 aromatic carbocycles. The summed E-state index contributed by atoms with van der Waals surface area (Å²) in [6.07, 6.45) is 0.162. The summed E-state index contributed by atoms with van der Waals surface area (Å²) in [6, 6.07) is 13.8. The first-order chi connectivity index (χ1) is 16.0. The Labute approximate surface area is 200 Å². The van der Waals surface area contributed by atoms with Gasteiger partial charge in [0.25, 0.3) is 0 Å². The average molecular weight is 472 g/mol. The first kappa shape index (κ1) is 26.7. The van der Waals surface area contributed by atoms with Crippen molar-refractivity contribution in [1.29, 1.82) is 0 Å². The van der Waals surface area contributed by atoms with Crippen molar-refractivity contribution in [3.8, 4) is 11.5 Å². The molecule has 0 aromatic heterocycles. The highest BCUT2D eigenvalue weighted by molar-refractivity contribution is 5.85. The molecule has 184 valence electrons. The molecule has 0 aliphatic rings. The van der Waals surface area contributed by atoms with E-state index in [4.69, 9.17) is 14.7 Å². The second-order valence-electron chi connectivity index (χ2n) is 9.02. The monoisotopic (exact) mass is 471 g/mol. The normalized spacial score (nSPS) is 11.8. The van der Waals surface area contributed by atoms with Crippen LogP contribution in [0.2, 0.25) is 0 Å². The van der Waals surface area contributed by atoms with Gasteiger partial charge in [-0.3, -0.25) is 14.8 Å². The SMILES string of the molecule is CN(C)C(=O)[C@H](Cc1ccc(Oc2ccccc2CCC(=O)NO)cc1)NC(=O)OC(C)(C)C. The summed E-state index contributed by atoms with van der Waals surface area (Å²) >= 11 is 0. The van der Waals surface area contributed by atoms with E-state index in [0.717, 1.165) is 11.1 Å². The van der Waals surface area contributed by atoms with Crippen molar-refractivity contribution in [3.63, 3.8) is 0 Å². The summed E-state index contributed by atoms with van der Waals surface area (Å²) in [6.45, 7) is 5.27. The molecule has 0 radical (unpaired) electrons. The van der Waals surface area contributed by atoms with Crippen molar-refractivity contribution in [2.45, 2.75) is 51.7 Å². The molecule has 34 heavy (non-hydrogen) atoms. The second-order valence-corrected chi connectivity index (χ2v) is 9.02. The Bertz CT molecular complexity index is 983. The maximum atomic E-state index is 12.6. The zero-order valence-electron chi connectivity index (χ0n) is 20.3. The third kappa shape index (κ3) is 8.74. The number of hydroxylamine groups is 1. The van der Waals surface area contributed by atoms with Gasteiger partial charge in [0.15, 0.2) is 0 Å². The first-order valence-corrected chi connectivity index (χ1v) is 11.0. The summed E-state index contributed by atoms with van der Waals surface area (Å²) in [4.78, 5) is 37.6. The van der Waals surface area contributed by atoms with Crippen molar-refractivity contribution in [3.05, 3.63) is 59.7 Å². The van der Waals surface area contributed by atoms with Crippen molar-refractivity contribution in [2.75, 3.05) is 14.1 Å². The predicted molar refractivity (Wildman–Crippen MR) is 127 cm³/mol. The summed E-state index contributed by atoms with van der Waals surface area (Å²) in [5, 5.41) is 11.3. The number of aryl methyl sites for hydroxylation is 1.